The molecule has 2 aliphatic heterocycles. The summed E-state index contributed by atoms with van der Waals surface area (Å²) in [5.74, 6) is 1.87. The molecule has 2 aromatic carbocycles. The average molecular weight is 464 g/mol. The second-order valence-electron chi connectivity index (χ2n) is 11.0. The van der Waals surface area contributed by atoms with E-state index in [1.165, 1.54) is 5.56 Å². The van der Waals surface area contributed by atoms with E-state index in [0.29, 0.717) is 57.4 Å². The van der Waals surface area contributed by atoms with E-state index in [1.54, 1.807) is 0 Å². The van der Waals surface area contributed by atoms with E-state index in [0.717, 1.165) is 22.6 Å². The van der Waals surface area contributed by atoms with Gasteiger partial charge in [-0.15, -0.1) is 0 Å². The molecule has 182 valence electrons. The third-order valence-corrected chi connectivity index (χ3v) is 7.07. The highest BCUT2D eigenvalue weighted by molar-refractivity contribution is 6.01. The molecule has 5 heteroatoms. The van der Waals surface area contributed by atoms with Crippen LogP contribution in [0.4, 0.5) is 0 Å². The number of ketones is 1. The first kappa shape index (κ1) is 24.3. The molecular formula is C29H37NO4. The molecule has 5 nitrogen and oxygen atoms in total. The first-order chi connectivity index (χ1) is 16.1. The SMILES string of the molecule is Cc1cc(C)c2c(c1)C(=O)CC1(CCN(C(=O)CCCOc3ccc(C(C)(C)C)cc3)CC1)O2. The van der Waals surface area contributed by atoms with Crippen LogP contribution in [0.2, 0.25) is 0 Å². The number of rotatable bonds is 5. The van der Waals surface area contributed by atoms with E-state index in [9.17, 15) is 9.59 Å². The summed E-state index contributed by atoms with van der Waals surface area (Å²) in [6.07, 6.45) is 2.92. The number of carbonyl (C=O) groups is 2. The third-order valence-electron chi connectivity index (χ3n) is 7.07. The quantitative estimate of drug-likeness (QED) is 0.527. The highest BCUT2D eigenvalue weighted by atomic mass is 16.5. The van der Waals surface area contributed by atoms with Gasteiger partial charge in [-0.1, -0.05) is 39.0 Å². The number of nitrogens with zero attached hydrogens (tertiary/aromatic N) is 1. The standard InChI is InChI=1S/C29H37NO4/c1-20-17-21(2)27-24(18-20)25(31)19-29(34-27)12-14-30(15-13-29)26(32)7-6-16-33-23-10-8-22(9-11-23)28(3,4)5/h8-11,17-18H,6-7,12-16,19H2,1-5H3. The average Bonchev–Trinajstić information content (AvgIpc) is 2.78. The zero-order chi connectivity index (χ0) is 24.5. The van der Waals surface area contributed by atoms with Crippen molar-refractivity contribution in [2.75, 3.05) is 19.7 Å². The van der Waals surface area contributed by atoms with Crippen molar-refractivity contribution >= 4 is 11.7 Å². The molecule has 1 amide bonds. The maximum atomic E-state index is 12.9. The Morgan fingerprint density at radius 1 is 1.09 bits per heavy atom. The van der Waals surface area contributed by atoms with Gasteiger partial charge in [0, 0.05) is 32.4 Å². The molecule has 1 saturated heterocycles. The summed E-state index contributed by atoms with van der Waals surface area (Å²) in [4.78, 5) is 27.5. The highest BCUT2D eigenvalue weighted by Gasteiger charge is 2.44. The van der Waals surface area contributed by atoms with Gasteiger partial charge in [0.15, 0.2) is 5.78 Å². The van der Waals surface area contributed by atoms with Crippen LogP contribution < -0.4 is 9.47 Å². The van der Waals surface area contributed by atoms with Crippen molar-refractivity contribution in [3.63, 3.8) is 0 Å². The van der Waals surface area contributed by atoms with Gasteiger partial charge >= 0.3 is 0 Å². The zero-order valence-electron chi connectivity index (χ0n) is 21.2. The minimum absolute atomic E-state index is 0.120. The molecule has 4 rings (SSSR count). The Hall–Kier alpha value is -2.82. The van der Waals surface area contributed by atoms with E-state index in [1.807, 2.05) is 36.9 Å². The fourth-order valence-corrected chi connectivity index (χ4v) is 5.00. The lowest BCUT2D eigenvalue weighted by Crippen LogP contribution is -2.52. The first-order valence-corrected chi connectivity index (χ1v) is 12.4. The number of likely N-dealkylation sites (tertiary alicyclic amines) is 1. The fourth-order valence-electron chi connectivity index (χ4n) is 5.00. The molecule has 0 bridgehead atoms. The Labute approximate surface area is 203 Å². The second-order valence-corrected chi connectivity index (χ2v) is 11.0. The van der Waals surface area contributed by atoms with Gasteiger partial charge in [-0.2, -0.15) is 0 Å². The van der Waals surface area contributed by atoms with Crippen molar-refractivity contribution in [2.45, 2.75) is 77.7 Å². The Bertz CT molecular complexity index is 1060. The van der Waals surface area contributed by atoms with Crippen LogP contribution in [0.15, 0.2) is 36.4 Å². The van der Waals surface area contributed by atoms with Crippen molar-refractivity contribution in [1.29, 1.82) is 0 Å². The minimum Gasteiger partial charge on any atom is -0.494 e. The van der Waals surface area contributed by atoms with Crippen molar-refractivity contribution in [2.24, 2.45) is 0 Å². The number of amides is 1. The predicted molar refractivity (Wildman–Crippen MR) is 134 cm³/mol. The number of hydrogen-bond acceptors (Lipinski definition) is 4. The van der Waals surface area contributed by atoms with E-state index in [2.05, 4.69) is 39.0 Å². The second kappa shape index (κ2) is 9.44. The molecule has 2 heterocycles. The number of piperidine rings is 1. The summed E-state index contributed by atoms with van der Waals surface area (Å²) < 4.78 is 12.3. The number of benzene rings is 2. The van der Waals surface area contributed by atoms with Crippen LogP contribution in [-0.4, -0.2) is 41.9 Å². The molecule has 2 aliphatic rings. The number of fused-ring (bicyclic) bond motifs is 1. The van der Waals surface area contributed by atoms with Crippen LogP contribution in [0.1, 0.15) is 79.9 Å². The molecule has 0 aliphatic carbocycles. The molecule has 0 unspecified atom stereocenters. The fraction of sp³-hybridized carbons (Fsp3) is 0.517. The van der Waals surface area contributed by atoms with Gasteiger partial charge in [0.25, 0.3) is 0 Å². The summed E-state index contributed by atoms with van der Waals surface area (Å²) in [5.41, 5.74) is 3.70. The van der Waals surface area contributed by atoms with Crippen molar-refractivity contribution in [1.82, 2.24) is 4.90 Å². The molecule has 0 aromatic heterocycles. The number of Topliss-reactive ketones (excluding diaryl/α,β-unsaturated/α-hetero) is 1. The summed E-state index contributed by atoms with van der Waals surface area (Å²) in [6, 6.07) is 12.2. The maximum Gasteiger partial charge on any atom is 0.222 e. The van der Waals surface area contributed by atoms with Gasteiger partial charge in [-0.3, -0.25) is 9.59 Å². The third kappa shape index (κ3) is 5.29. The van der Waals surface area contributed by atoms with E-state index >= 15 is 0 Å². The monoisotopic (exact) mass is 463 g/mol. The Kier molecular flexibility index (Phi) is 6.75. The Morgan fingerprint density at radius 3 is 2.41 bits per heavy atom. The number of aryl methyl sites for hydroxylation is 2. The topological polar surface area (TPSA) is 55.8 Å². The predicted octanol–water partition coefficient (Wildman–Crippen LogP) is 5.79. The van der Waals surface area contributed by atoms with Crippen molar-refractivity contribution < 1.29 is 19.1 Å². The normalized spacial score (nSPS) is 17.3. The summed E-state index contributed by atoms with van der Waals surface area (Å²) in [7, 11) is 0. The smallest absolute Gasteiger partial charge is 0.222 e. The lowest BCUT2D eigenvalue weighted by Gasteiger charge is -2.44. The lowest BCUT2D eigenvalue weighted by molar-refractivity contribution is -0.135. The van der Waals surface area contributed by atoms with Gasteiger partial charge in [0.05, 0.1) is 18.6 Å². The van der Waals surface area contributed by atoms with Crippen molar-refractivity contribution in [3.8, 4) is 11.5 Å². The molecule has 2 aromatic rings. The largest absolute Gasteiger partial charge is 0.494 e. The molecule has 1 fully saturated rings. The van der Waals surface area contributed by atoms with E-state index in [-0.39, 0.29) is 17.1 Å². The van der Waals surface area contributed by atoms with E-state index in [4.69, 9.17) is 9.47 Å². The number of hydrogen-bond donors (Lipinski definition) is 0. The molecule has 0 saturated carbocycles. The Balaban J connectivity index is 1.24. The number of carbonyl (C=O) groups excluding carboxylic acids is 2. The zero-order valence-corrected chi connectivity index (χ0v) is 21.2. The lowest BCUT2D eigenvalue weighted by atomic mass is 9.81. The molecule has 0 atom stereocenters. The molecule has 0 N–H and O–H groups in total. The van der Waals surface area contributed by atoms with Gasteiger partial charge < -0.3 is 14.4 Å². The summed E-state index contributed by atoms with van der Waals surface area (Å²) >= 11 is 0. The maximum absolute atomic E-state index is 12.9. The van der Waals surface area contributed by atoms with Crippen LogP contribution in [0.3, 0.4) is 0 Å². The Morgan fingerprint density at radius 2 is 1.76 bits per heavy atom. The molecule has 1 spiro atoms. The van der Waals surface area contributed by atoms with Crippen LogP contribution in [0.25, 0.3) is 0 Å². The first-order valence-electron chi connectivity index (χ1n) is 12.4. The van der Waals surface area contributed by atoms with Gasteiger partial charge in [0.1, 0.15) is 17.1 Å². The van der Waals surface area contributed by atoms with Gasteiger partial charge in [0.2, 0.25) is 5.91 Å². The highest BCUT2D eigenvalue weighted by Crippen LogP contribution is 2.41. The van der Waals surface area contributed by atoms with Gasteiger partial charge in [-0.05, 0) is 60.6 Å². The summed E-state index contributed by atoms with van der Waals surface area (Å²) in [5, 5.41) is 0. The van der Waals surface area contributed by atoms with Gasteiger partial charge in [-0.25, -0.2) is 0 Å². The van der Waals surface area contributed by atoms with E-state index < -0.39 is 5.60 Å². The summed E-state index contributed by atoms with van der Waals surface area (Å²) in [6.45, 7) is 12.3. The molecule has 34 heavy (non-hydrogen) atoms. The molecular weight excluding hydrogens is 426 g/mol. The van der Waals surface area contributed by atoms with Crippen LogP contribution in [-0.2, 0) is 10.2 Å². The van der Waals surface area contributed by atoms with Crippen LogP contribution >= 0.6 is 0 Å². The van der Waals surface area contributed by atoms with Crippen LogP contribution in [0, 0.1) is 13.8 Å². The minimum atomic E-state index is -0.483. The molecule has 0 radical (unpaired) electrons. The number of ether oxygens (including phenoxy) is 2. The van der Waals surface area contributed by atoms with Crippen LogP contribution in [0.5, 0.6) is 11.5 Å². The van der Waals surface area contributed by atoms with Crippen molar-refractivity contribution in [3.05, 3.63) is 58.7 Å².